The van der Waals surface area contributed by atoms with E-state index < -0.39 is 5.97 Å². The molecule has 1 fully saturated rings. The summed E-state index contributed by atoms with van der Waals surface area (Å²) in [4.78, 5) is 10.9. The molecule has 3 heteroatoms. The molecule has 1 aromatic rings. The van der Waals surface area contributed by atoms with Gasteiger partial charge in [0.15, 0.2) is 0 Å². The minimum Gasteiger partial charge on any atom is -0.478 e. The first-order chi connectivity index (χ1) is 8.16. The van der Waals surface area contributed by atoms with Gasteiger partial charge in [-0.15, -0.1) is 0 Å². The van der Waals surface area contributed by atoms with Crippen molar-refractivity contribution in [3.8, 4) is 0 Å². The summed E-state index contributed by atoms with van der Waals surface area (Å²) in [5, 5.41) is 8.97. The Bertz CT molecular complexity index is 428. The van der Waals surface area contributed by atoms with Gasteiger partial charge in [0.05, 0.1) is 0 Å². The van der Waals surface area contributed by atoms with Crippen molar-refractivity contribution in [3.05, 3.63) is 40.4 Å². The molecule has 1 aliphatic carbocycles. The maximum atomic E-state index is 10.9. The Labute approximate surface area is 109 Å². The first-order valence-electron chi connectivity index (χ1n) is 5.87. The van der Waals surface area contributed by atoms with Crippen molar-refractivity contribution in [1.29, 1.82) is 0 Å². The minimum atomic E-state index is -0.852. The van der Waals surface area contributed by atoms with Crippen LogP contribution in [-0.4, -0.2) is 11.1 Å². The van der Waals surface area contributed by atoms with Gasteiger partial charge in [0.2, 0.25) is 0 Å². The van der Waals surface area contributed by atoms with Crippen molar-refractivity contribution >= 4 is 27.5 Å². The Morgan fingerprint density at radius 1 is 1.24 bits per heavy atom. The van der Waals surface area contributed by atoms with E-state index in [1.807, 2.05) is 24.3 Å². The number of hydrogen-bond acceptors (Lipinski definition) is 1. The van der Waals surface area contributed by atoms with Crippen LogP contribution >= 0.6 is 15.9 Å². The maximum Gasteiger partial charge on any atom is 0.328 e. The van der Waals surface area contributed by atoms with Crippen LogP contribution in [0.5, 0.6) is 0 Å². The Hall–Kier alpha value is -1.09. The van der Waals surface area contributed by atoms with Gasteiger partial charge < -0.3 is 5.11 Å². The fraction of sp³-hybridized carbons (Fsp3) is 0.357. The largest absolute Gasteiger partial charge is 0.478 e. The molecule has 1 saturated carbocycles. The highest BCUT2D eigenvalue weighted by Crippen LogP contribution is 2.36. The molecule has 17 heavy (non-hydrogen) atoms. The molecule has 90 valence electrons. The summed E-state index contributed by atoms with van der Waals surface area (Å²) in [5.41, 5.74) is 2.00. The zero-order valence-corrected chi connectivity index (χ0v) is 11.1. The van der Waals surface area contributed by atoms with Crippen LogP contribution in [0.15, 0.2) is 34.8 Å². The zero-order valence-electron chi connectivity index (χ0n) is 9.53. The number of carbonyl (C=O) groups is 1. The highest BCUT2D eigenvalue weighted by molar-refractivity contribution is 9.10. The SMILES string of the molecule is O=C(O)/C=C(/c1ccc(Br)cc1)C1CCCC1. The van der Waals surface area contributed by atoms with E-state index >= 15 is 0 Å². The lowest BCUT2D eigenvalue weighted by atomic mass is 9.91. The summed E-state index contributed by atoms with van der Waals surface area (Å²) in [6.07, 6.45) is 6.00. The fourth-order valence-corrected chi connectivity index (χ4v) is 2.71. The van der Waals surface area contributed by atoms with Crippen LogP contribution in [-0.2, 0) is 4.79 Å². The average molecular weight is 295 g/mol. The number of aliphatic carboxylic acids is 1. The smallest absolute Gasteiger partial charge is 0.328 e. The molecule has 0 radical (unpaired) electrons. The standard InChI is InChI=1S/C14H15BrO2/c15-12-7-5-11(6-8-12)13(9-14(16)17)10-3-1-2-4-10/h5-10H,1-4H2,(H,16,17)/b13-9+. The van der Waals surface area contributed by atoms with Crippen molar-refractivity contribution in [2.24, 2.45) is 5.92 Å². The average Bonchev–Trinajstić information content (AvgIpc) is 2.80. The van der Waals surface area contributed by atoms with E-state index in [2.05, 4.69) is 15.9 Å². The molecule has 1 aliphatic rings. The minimum absolute atomic E-state index is 0.410. The molecule has 0 saturated heterocycles. The van der Waals surface area contributed by atoms with Crippen molar-refractivity contribution in [2.75, 3.05) is 0 Å². The molecule has 0 aromatic heterocycles. The first-order valence-corrected chi connectivity index (χ1v) is 6.66. The van der Waals surface area contributed by atoms with Crippen molar-refractivity contribution < 1.29 is 9.90 Å². The van der Waals surface area contributed by atoms with Gasteiger partial charge in [-0.2, -0.15) is 0 Å². The topological polar surface area (TPSA) is 37.3 Å². The summed E-state index contributed by atoms with van der Waals surface area (Å²) in [6, 6.07) is 7.88. The van der Waals surface area contributed by atoms with E-state index in [9.17, 15) is 4.79 Å². The summed E-state index contributed by atoms with van der Waals surface area (Å²) in [6.45, 7) is 0. The van der Waals surface area contributed by atoms with Gasteiger partial charge >= 0.3 is 5.97 Å². The van der Waals surface area contributed by atoms with E-state index in [0.29, 0.717) is 5.92 Å². The molecule has 0 bridgehead atoms. The van der Waals surface area contributed by atoms with Crippen LogP contribution in [0.2, 0.25) is 0 Å². The van der Waals surface area contributed by atoms with E-state index in [1.54, 1.807) is 0 Å². The monoisotopic (exact) mass is 294 g/mol. The van der Waals surface area contributed by atoms with Crippen LogP contribution in [0.25, 0.3) is 5.57 Å². The Morgan fingerprint density at radius 2 is 1.82 bits per heavy atom. The second kappa shape index (κ2) is 5.50. The Morgan fingerprint density at radius 3 is 2.35 bits per heavy atom. The molecule has 1 N–H and O–H groups in total. The molecule has 0 spiro atoms. The van der Waals surface area contributed by atoms with Crippen molar-refractivity contribution in [3.63, 3.8) is 0 Å². The molecule has 1 aromatic carbocycles. The highest BCUT2D eigenvalue weighted by atomic mass is 79.9. The van der Waals surface area contributed by atoms with Crippen LogP contribution in [0.1, 0.15) is 31.2 Å². The number of benzene rings is 1. The molecule has 0 heterocycles. The van der Waals surface area contributed by atoms with E-state index in [-0.39, 0.29) is 0 Å². The van der Waals surface area contributed by atoms with Crippen LogP contribution in [0.3, 0.4) is 0 Å². The summed E-state index contributed by atoms with van der Waals surface area (Å²) in [7, 11) is 0. The number of carboxylic acids is 1. The van der Waals surface area contributed by atoms with Gasteiger partial charge in [0.25, 0.3) is 0 Å². The van der Waals surface area contributed by atoms with Crippen molar-refractivity contribution in [2.45, 2.75) is 25.7 Å². The quantitative estimate of drug-likeness (QED) is 0.852. The second-order valence-corrected chi connectivity index (χ2v) is 5.34. The van der Waals surface area contributed by atoms with Crippen LogP contribution < -0.4 is 0 Å². The van der Waals surface area contributed by atoms with Crippen molar-refractivity contribution in [1.82, 2.24) is 0 Å². The number of allylic oxidation sites excluding steroid dienone is 1. The molecular weight excluding hydrogens is 280 g/mol. The first kappa shape index (κ1) is 12.4. The number of halogens is 1. The maximum absolute atomic E-state index is 10.9. The lowest BCUT2D eigenvalue weighted by Crippen LogP contribution is -2.01. The fourth-order valence-electron chi connectivity index (χ4n) is 2.45. The third-order valence-electron chi connectivity index (χ3n) is 3.25. The molecule has 2 nitrogen and oxygen atoms in total. The molecule has 0 atom stereocenters. The summed E-state index contributed by atoms with van der Waals surface area (Å²) in [5.74, 6) is -0.443. The summed E-state index contributed by atoms with van der Waals surface area (Å²) < 4.78 is 1.02. The predicted molar refractivity (Wildman–Crippen MR) is 71.7 cm³/mol. The van der Waals surface area contributed by atoms with Gasteiger partial charge in [0, 0.05) is 10.5 Å². The van der Waals surface area contributed by atoms with E-state index in [0.717, 1.165) is 28.5 Å². The molecular formula is C14H15BrO2. The second-order valence-electron chi connectivity index (χ2n) is 4.43. The third kappa shape index (κ3) is 3.19. The van der Waals surface area contributed by atoms with Gasteiger partial charge in [-0.1, -0.05) is 40.9 Å². The Balaban J connectivity index is 2.32. The lowest BCUT2D eigenvalue weighted by Gasteiger charge is -2.14. The predicted octanol–water partition coefficient (Wildman–Crippen LogP) is 4.11. The molecule has 0 aliphatic heterocycles. The van der Waals surface area contributed by atoms with Crippen LogP contribution in [0, 0.1) is 5.92 Å². The molecule has 2 rings (SSSR count). The van der Waals surface area contributed by atoms with Gasteiger partial charge in [-0.3, -0.25) is 0 Å². The van der Waals surface area contributed by atoms with Gasteiger partial charge in [-0.05, 0) is 42.0 Å². The van der Waals surface area contributed by atoms with Gasteiger partial charge in [-0.25, -0.2) is 4.79 Å². The van der Waals surface area contributed by atoms with Gasteiger partial charge in [0.1, 0.15) is 0 Å². The Kier molecular flexibility index (Phi) is 4.00. The van der Waals surface area contributed by atoms with E-state index in [4.69, 9.17) is 5.11 Å². The third-order valence-corrected chi connectivity index (χ3v) is 3.78. The molecule has 0 amide bonds. The molecule has 0 unspecified atom stereocenters. The number of rotatable bonds is 3. The van der Waals surface area contributed by atoms with Crippen LogP contribution in [0.4, 0.5) is 0 Å². The number of carboxylic acid groups (broad SMARTS) is 1. The zero-order chi connectivity index (χ0) is 12.3. The normalized spacial score (nSPS) is 17.4. The highest BCUT2D eigenvalue weighted by Gasteiger charge is 2.21. The van der Waals surface area contributed by atoms with E-state index in [1.165, 1.54) is 18.9 Å². The number of hydrogen-bond donors (Lipinski definition) is 1. The lowest BCUT2D eigenvalue weighted by molar-refractivity contribution is -0.131. The summed E-state index contributed by atoms with van der Waals surface area (Å²) >= 11 is 3.39.